The average molecular weight is 363 g/mol. The smallest absolute Gasteiger partial charge is 0.0738 e. The Hall–Kier alpha value is -2.24. The van der Waals surface area contributed by atoms with E-state index in [9.17, 15) is 0 Å². The summed E-state index contributed by atoms with van der Waals surface area (Å²) in [5.41, 5.74) is 6.15. The first kappa shape index (κ1) is 16.0. The van der Waals surface area contributed by atoms with E-state index in [1.165, 1.54) is 22.0 Å². The van der Waals surface area contributed by atoms with Crippen molar-refractivity contribution < 1.29 is 0 Å². The van der Waals surface area contributed by atoms with Gasteiger partial charge in [0.15, 0.2) is 0 Å². The van der Waals surface area contributed by atoms with E-state index < -0.39 is 0 Å². The maximum atomic E-state index is 4.94. The highest BCUT2D eigenvalue weighted by Gasteiger charge is 2.39. The molecule has 2 aliphatic rings. The Balaban J connectivity index is 1.44. The van der Waals surface area contributed by atoms with E-state index in [4.69, 9.17) is 12.2 Å². The van der Waals surface area contributed by atoms with Gasteiger partial charge in [-0.05, 0) is 49.2 Å². The SMILES string of the molecule is CN1CC(Nc2ccc(C=S)nc2)CC2c3cccc4[nH]cc(c34)C[C@H]21. The maximum absolute atomic E-state index is 4.94. The van der Waals surface area contributed by atoms with Crippen molar-refractivity contribution in [1.82, 2.24) is 14.9 Å². The van der Waals surface area contributed by atoms with E-state index in [0.29, 0.717) is 18.0 Å². The van der Waals surface area contributed by atoms with Crippen LogP contribution >= 0.6 is 12.2 Å². The van der Waals surface area contributed by atoms with E-state index in [0.717, 1.165) is 30.8 Å². The minimum Gasteiger partial charge on any atom is -0.380 e. The van der Waals surface area contributed by atoms with Gasteiger partial charge in [-0.25, -0.2) is 0 Å². The summed E-state index contributed by atoms with van der Waals surface area (Å²) in [4.78, 5) is 10.4. The minimum absolute atomic E-state index is 0.414. The zero-order valence-corrected chi connectivity index (χ0v) is 15.6. The van der Waals surface area contributed by atoms with Gasteiger partial charge in [0.25, 0.3) is 0 Å². The summed E-state index contributed by atoms with van der Waals surface area (Å²) in [5.74, 6) is 0.562. The normalized spacial score (nSPS) is 25.0. The first-order valence-corrected chi connectivity index (χ1v) is 9.67. The Bertz CT molecular complexity index is 962. The van der Waals surface area contributed by atoms with Crippen LogP contribution in [-0.2, 0) is 6.42 Å². The van der Waals surface area contributed by atoms with Crippen LogP contribution in [0.25, 0.3) is 10.9 Å². The molecular weight excluding hydrogens is 340 g/mol. The van der Waals surface area contributed by atoms with Crippen molar-refractivity contribution in [1.29, 1.82) is 0 Å². The molecule has 5 heteroatoms. The number of nitrogens with one attached hydrogen (secondary N) is 2. The molecule has 3 aromatic rings. The second-order valence-electron chi connectivity index (χ2n) is 7.57. The number of H-pyrrole nitrogens is 1. The summed E-state index contributed by atoms with van der Waals surface area (Å²) in [5, 5.41) is 6.75. The van der Waals surface area contributed by atoms with Crippen molar-refractivity contribution in [3.8, 4) is 0 Å². The molecule has 0 spiro atoms. The molecule has 26 heavy (non-hydrogen) atoms. The third-order valence-electron chi connectivity index (χ3n) is 6.00. The Labute approximate surface area is 158 Å². The molecule has 1 fully saturated rings. The summed E-state index contributed by atoms with van der Waals surface area (Å²) in [6, 6.07) is 11.7. The lowest BCUT2D eigenvalue weighted by molar-refractivity contribution is 0.147. The first-order valence-electron chi connectivity index (χ1n) is 9.20. The number of pyridine rings is 1. The summed E-state index contributed by atoms with van der Waals surface area (Å²) in [6.45, 7) is 1.05. The van der Waals surface area contributed by atoms with Crippen LogP contribution in [0.2, 0.25) is 0 Å². The molecule has 3 atom stereocenters. The van der Waals surface area contributed by atoms with Crippen molar-refractivity contribution in [3.05, 3.63) is 59.5 Å². The number of nitrogens with zero attached hydrogens (tertiary/aromatic N) is 2. The fourth-order valence-corrected chi connectivity index (χ4v) is 4.98. The van der Waals surface area contributed by atoms with E-state index in [-0.39, 0.29) is 0 Å². The zero-order valence-electron chi connectivity index (χ0n) is 14.8. The molecule has 2 unspecified atom stereocenters. The molecule has 1 aliphatic carbocycles. The lowest BCUT2D eigenvalue weighted by Crippen LogP contribution is -2.51. The molecule has 1 aromatic carbocycles. The van der Waals surface area contributed by atoms with Crippen molar-refractivity contribution >= 4 is 34.2 Å². The van der Waals surface area contributed by atoms with Gasteiger partial charge in [-0.1, -0.05) is 24.4 Å². The molecule has 1 saturated heterocycles. The standard InChI is InChI=1S/C21H22N4S/c1-25-11-16(24-14-5-6-15(12-26)22-10-14)8-18-17-3-2-4-19-21(17)13(9-23-19)7-20(18)25/h2-6,9-10,12,16,18,20,23-24H,7-8,11H2,1H3/t16?,18?,20-/m1/s1. The minimum atomic E-state index is 0.414. The lowest BCUT2D eigenvalue weighted by Gasteiger charge is -2.45. The molecule has 5 rings (SSSR count). The Morgan fingerprint density at radius 1 is 1.31 bits per heavy atom. The number of benzene rings is 1. The molecule has 0 radical (unpaired) electrons. The molecule has 0 saturated carbocycles. The number of thiocarbonyl (C=S) groups is 1. The molecule has 1 aliphatic heterocycles. The molecule has 2 aromatic heterocycles. The first-order chi connectivity index (χ1) is 12.7. The second kappa shape index (κ2) is 6.18. The number of anilines is 1. The van der Waals surface area contributed by atoms with Gasteiger partial charge in [-0.15, -0.1) is 0 Å². The summed E-state index contributed by atoms with van der Waals surface area (Å²) in [7, 11) is 2.26. The van der Waals surface area contributed by atoms with Crippen LogP contribution in [0.15, 0.2) is 42.7 Å². The van der Waals surface area contributed by atoms with Crippen molar-refractivity contribution in [2.75, 3.05) is 18.9 Å². The van der Waals surface area contributed by atoms with Crippen molar-refractivity contribution in [2.45, 2.75) is 30.8 Å². The number of hydrogen-bond donors (Lipinski definition) is 2. The number of aromatic nitrogens is 2. The molecule has 0 bridgehead atoms. The van der Waals surface area contributed by atoms with Gasteiger partial charge in [0.1, 0.15) is 0 Å². The third-order valence-corrected chi connectivity index (χ3v) is 6.25. The number of fused-ring (bicyclic) bond motifs is 2. The van der Waals surface area contributed by atoms with Gasteiger partial charge in [-0.3, -0.25) is 4.98 Å². The molecule has 132 valence electrons. The topological polar surface area (TPSA) is 44.0 Å². The highest BCUT2D eigenvalue weighted by Crippen LogP contribution is 2.43. The summed E-state index contributed by atoms with van der Waals surface area (Å²) >= 11 is 4.94. The largest absolute Gasteiger partial charge is 0.380 e. The predicted molar refractivity (Wildman–Crippen MR) is 110 cm³/mol. The number of rotatable bonds is 3. The Kier molecular flexibility index (Phi) is 3.80. The number of aromatic amines is 1. The van der Waals surface area contributed by atoms with Crippen LogP contribution in [0.1, 0.15) is 29.2 Å². The van der Waals surface area contributed by atoms with E-state index in [1.807, 2.05) is 12.3 Å². The molecule has 3 heterocycles. The Morgan fingerprint density at radius 3 is 3.04 bits per heavy atom. The monoisotopic (exact) mass is 362 g/mol. The van der Waals surface area contributed by atoms with E-state index in [2.05, 4.69) is 57.7 Å². The third kappa shape index (κ3) is 2.54. The molecule has 0 amide bonds. The summed E-state index contributed by atoms with van der Waals surface area (Å²) in [6.07, 6.45) is 6.37. The van der Waals surface area contributed by atoms with Gasteiger partial charge >= 0.3 is 0 Å². The number of piperidine rings is 1. The summed E-state index contributed by atoms with van der Waals surface area (Å²) < 4.78 is 0. The maximum Gasteiger partial charge on any atom is 0.0738 e. The average Bonchev–Trinajstić information content (AvgIpc) is 3.08. The van der Waals surface area contributed by atoms with Crippen LogP contribution in [-0.4, -0.2) is 45.9 Å². The predicted octanol–water partition coefficient (Wildman–Crippen LogP) is 3.74. The van der Waals surface area contributed by atoms with Crippen LogP contribution in [0.5, 0.6) is 0 Å². The van der Waals surface area contributed by atoms with Crippen LogP contribution in [0.3, 0.4) is 0 Å². The van der Waals surface area contributed by atoms with Crippen molar-refractivity contribution in [2.24, 2.45) is 0 Å². The lowest BCUT2D eigenvalue weighted by atomic mass is 9.74. The quantitative estimate of drug-likeness (QED) is 0.697. The zero-order chi connectivity index (χ0) is 17.7. The van der Waals surface area contributed by atoms with Gasteiger partial charge in [0, 0.05) is 47.0 Å². The van der Waals surface area contributed by atoms with Crippen LogP contribution < -0.4 is 5.32 Å². The number of likely N-dealkylation sites (N-methyl/N-ethyl adjacent to an activating group) is 1. The van der Waals surface area contributed by atoms with Gasteiger partial charge < -0.3 is 15.2 Å². The number of likely N-dealkylation sites (tertiary alicyclic amines) is 1. The van der Waals surface area contributed by atoms with Crippen LogP contribution in [0.4, 0.5) is 5.69 Å². The highest BCUT2D eigenvalue weighted by molar-refractivity contribution is 7.79. The molecular formula is C21H22N4S. The second-order valence-corrected chi connectivity index (χ2v) is 7.80. The molecule has 4 nitrogen and oxygen atoms in total. The Morgan fingerprint density at radius 2 is 2.23 bits per heavy atom. The van der Waals surface area contributed by atoms with Crippen molar-refractivity contribution in [3.63, 3.8) is 0 Å². The van der Waals surface area contributed by atoms with Gasteiger partial charge in [0.2, 0.25) is 0 Å². The number of hydrogen-bond acceptors (Lipinski definition) is 4. The van der Waals surface area contributed by atoms with Crippen LogP contribution in [0, 0.1) is 0 Å². The van der Waals surface area contributed by atoms with E-state index >= 15 is 0 Å². The van der Waals surface area contributed by atoms with Gasteiger partial charge in [0.05, 0.1) is 17.6 Å². The van der Waals surface area contributed by atoms with Gasteiger partial charge in [-0.2, -0.15) is 0 Å². The fraction of sp³-hybridized carbons (Fsp3) is 0.333. The fourth-order valence-electron chi connectivity index (χ4n) is 4.84. The van der Waals surface area contributed by atoms with E-state index in [1.54, 1.807) is 5.37 Å². The highest BCUT2D eigenvalue weighted by atomic mass is 32.1. The molecule has 2 N–H and O–H groups in total.